The highest BCUT2D eigenvalue weighted by Crippen LogP contribution is 2.15. The first kappa shape index (κ1) is 46.4. The Balaban J connectivity index is 4.37. The van der Waals surface area contributed by atoms with Crippen molar-refractivity contribution in [3.05, 3.63) is 0 Å². The largest absolute Gasteiger partial charge is 0.466 e. The third-order valence-electron chi connectivity index (χ3n) is 9.38. The van der Waals surface area contributed by atoms with Crippen molar-refractivity contribution < 1.29 is 28.6 Å². The van der Waals surface area contributed by atoms with Gasteiger partial charge < -0.3 is 14.2 Å². The van der Waals surface area contributed by atoms with Crippen LogP contribution in [-0.4, -0.2) is 37.2 Å². The van der Waals surface area contributed by atoms with Crippen molar-refractivity contribution >= 4 is 17.9 Å². The number of unbranched alkanes of at least 4 members (excludes halogenated alkanes) is 28. The average molecular weight is 681 g/mol. The highest BCUT2D eigenvalue weighted by atomic mass is 16.6. The number of esters is 3. The summed E-state index contributed by atoms with van der Waals surface area (Å²) in [5, 5.41) is 0. The summed E-state index contributed by atoms with van der Waals surface area (Å²) in [6, 6.07) is 0. The minimum Gasteiger partial charge on any atom is -0.466 e. The van der Waals surface area contributed by atoms with E-state index in [4.69, 9.17) is 14.2 Å². The van der Waals surface area contributed by atoms with Gasteiger partial charge in [-0.15, -0.1) is 0 Å². The minimum atomic E-state index is -1.23. The highest BCUT2D eigenvalue weighted by Gasteiger charge is 2.28. The van der Waals surface area contributed by atoms with Crippen molar-refractivity contribution in [1.82, 2.24) is 0 Å². The summed E-state index contributed by atoms with van der Waals surface area (Å²) >= 11 is 0. The van der Waals surface area contributed by atoms with Crippen LogP contribution < -0.4 is 0 Å². The first-order chi connectivity index (χ1) is 23.5. The van der Waals surface area contributed by atoms with Crippen molar-refractivity contribution in [2.75, 3.05) is 13.2 Å². The van der Waals surface area contributed by atoms with Gasteiger partial charge in [0.05, 0.1) is 19.6 Å². The topological polar surface area (TPSA) is 78.9 Å². The van der Waals surface area contributed by atoms with Gasteiger partial charge in [0.15, 0.2) is 0 Å². The normalized spacial score (nSPS) is 11.8. The summed E-state index contributed by atoms with van der Waals surface area (Å²) in [6.45, 7) is 7.35. The maximum atomic E-state index is 12.9. The predicted octanol–water partition coefficient (Wildman–Crippen LogP) is 12.9. The van der Waals surface area contributed by atoms with Crippen molar-refractivity contribution in [3.63, 3.8) is 0 Å². The van der Waals surface area contributed by atoms with E-state index in [-0.39, 0.29) is 19.4 Å². The lowest BCUT2D eigenvalue weighted by atomic mass is 10.1. The molecule has 0 heterocycles. The molecule has 0 aromatic rings. The molecule has 0 saturated carbocycles. The zero-order chi connectivity index (χ0) is 35.2. The van der Waals surface area contributed by atoms with Gasteiger partial charge in [0.1, 0.15) is 0 Å². The molecule has 0 aliphatic carbocycles. The molecule has 48 heavy (non-hydrogen) atoms. The second kappa shape index (κ2) is 38.2. The number of carbonyl (C=O) groups is 3. The molecule has 6 nitrogen and oxygen atoms in total. The van der Waals surface area contributed by atoms with E-state index in [0.29, 0.717) is 6.61 Å². The third-order valence-corrected chi connectivity index (χ3v) is 9.38. The van der Waals surface area contributed by atoms with Gasteiger partial charge in [0.25, 0.3) is 0 Å². The zero-order valence-electron chi connectivity index (χ0n) is 32.3. The second-order valence-electron chi connectivity index (χ2n) is 14.2. The van der Waals surface area contributed by atoms with Crippen molar-refractivity contribution in [2.24, 2.45) is 0 Å². The van der Waals surface area contributed by atoms with Crippen LogP contribution in [0, 0.1) is 0 Å². The van der Waals surface area contributed by atoms with E-state index in [1.54, 1.807) is 0 Å². The Labute approximate surface area is 298 Å². The first-order valence-corrected chi connectivity index (χ1v) is 21.1. The van der Waals surface area contributed by atoms with Gasteiger partial charge in [-0.1, -0.05) is 201 Å². The minimum absolute atomic E-state index is 0.257. The summed E-state index contributed by atoms with van der Waals surface area (Å²) in [5.74, 6) is -1.57. The highest BCUT2D eigenvalue weighted by molar-refractivity contribution is 5.84. The van der Waals surface area contributed by atoms with Crippen LogP contribution in [-0.2, 0) is 28.6 Å². The third kappa shape index (κ3) is 34.3. The van der Waals surface area contributed by atoms with Gasteiger partial charge in [-0.05, 0) is 19.3 Å². The van der Waals surface area contributed by atoms with Crippen molar-refractivity contribution in [3.8, 4) is 0 Å². The molecule has 0 fully saturated rings. The number of hydrogen-bond acceptors (Lipinski definition) is 6. The molecule has 0 aromatic carbocycles. The molecule has 0 bridgehead atoms. The van der Waals surface area contributed by atoms with Crippen LogP contribution in [0.5, 0.6) is 0 Å². The molecular weight excluding hydrogens is 600 g/mol. The van der Waals surface area contributed by atoms with Gasteiger partial charge in [-0.25, -0.2) is 4.79 Å². The van der Waals surface area contributed by atoms with E-state index < -0.39 is 24.0 Å². The molecule has 1 unspecified atom stereocenters. The van der Waals surface area contributed by atoms with Crippen LogP contribution >= 0.6 is 0 Å². The maximum Gasteiger partial charge on any atom is 0.348 e. The van der Waals surface area contributed by atoms with E-state index in [0.717, 1.165) is 57.8 Å². The van der Waals surface area contributed by atoms with Crippen molar-refractivity contribution in [1.29, 1.82) is 0 Å². The van der Waals surface area contributed by atoms with Gasteiger partial charge in [-0.2, -0.15) is 0 Å². The van der Waals surface area contributed by atoms with Crippen LogP contribution in [0.25, 0.3) is 0 Å². The molecule has 0 saturated heterocycles. The van der Waals surface area contributed by atoms with E-state index in [2.05, 4.69) is 20.8 Å². The molecular formula is C42H80O6. The second-order valence-corrected chi connectivity index (χ2v) is 14.2. The van der Waals surface area contributed by atoms with Gasteiger partial charge in [0, 0.05) is 6.42 Å². The standard InChI is InChI=1S/C42H80O6/c1-4-7-10-13-16-19-22-23-26-29-32-35-40(43)48-39(42(45)47-37-34-31-28-25-21-18-15-12-9-6-3)38-41(44)46-36-33-30-27-24-20-17-14-11-8-5-2/h39H,4-38H2,1-3H3. The van der Waals surface area contributed by atoms with Crippen LogP contribution in [0.15, 0.2) is 0 Å². The summed E-state index contributed by atoms with van der Waals surface area (Å²) in [7, 11) is 0. The van der Waals surface area contributed by atoms with E-state index >= 15 is 0 Å². The van der Waals surface area contributed by atoms with Crippen molar-refractivity contribution in [2.45, 2.75) is 239 Å². The molecule has 0 amide bonds. The number of carbonyl (C=O) groups excluding carboxylic acids is 3. The molecule has 284 valence electrons. The SMILES string of the molecule is CCCCCCCCCCCCCC(=O)OC(CC(=O)OCCCCCCCCCCCC)C(=O)OCCCCCCCCCCCC. The lowest BCUT2D eigenvalue weighted by Gasteiger charge is -2.17. The first-order valence-electron chi connectivity index (χ1n) is 21.1. The van der Waals surface area contributed by atoms with Gasteiger partial charge >= 0.3 is 17.9 Å². The van der Waals surface area contributed by atoms with Gasteiger partial charge in [0.2, 0.25) is 6.10 Å². The number of rotatable bonds is 38. The molecule has 0 aliphatic rings. The summed E-state index contributed by atoms with van der Waals surface area (Å²) in [4.78, 5) is 38.1. The van der Waals surface area contributed by atoms with Gasteiger partial charge in [-0.3, -0.25) is 9.59 Å². The molecule has 0 aromatic heterocycles. The van der Waals surface area contributed by atoms with Crippen LogP contribution in [0.3, 0.4) is 0 Å². The molecule has 0 spiro atoms. The average Bonchev–Trinajstić information content (AvgIpc) is 3.08. The van der Waals surface area contributed by atoms with E-state index in [9.17, 15) is 14.4 Å². The van der Waals surface area contributed by atoms with Crippen LogP contribution in [0.1, 0.15) is 233 Å². The van der Waals surface area contributed by atoms with E-state index in [1.807, 2.05) is 0 Å². The number of hydrogen-bond donors (Lipinski definition) is 0. The molecule has 0 aliphatic heterocycles. The maximum absolute atomic E-state index is 12.9. The molecule has 0 rings (SSSR count). The molecule has 0 radical (unpaired) electrons. The molecule has 6 heteroatoms. The lowest BCUT2D eigenvalue weighted by Crippen LogP contribution is -2.32. The predicted molar refractivity (Wildman–Crippen MR) is 201 cm³/mol. The smallest absolute Gasteiger partial charge is 0.348 e. The fourth-order valence-electron chi connectivity index (χ4n) is 6.17. The monoisotopic (exact) mass is 681 g/mol. The fraction of sp³-hybridized carbons (Fsp3) is 0.929. The lowest BCUT2D eigenvalue weighted by molar-refractivity contribution is -0.172. The Morgan fingerprint density at radius 3 is 1.06 bits per heavy atom. The van der Waals surface area contributed by atoms with Crippen LogP contribution in [0.4, 0.5) is 0 Å². The molecule has 1 atom stereocenters. The Kier molecular flexibility index (Phi) is 36.9. The summed E-state index contributed by atoms with van der Waals surface area (Å²) < 4.78 is 16.4. The Morgan fingerprint density at radius 2 is 0.688 bits per heavy atom. The summed E-state index contributed by atoms with van der Waals surface area (Å²) in [5.41, 5.74) is 0. The Morgan fingerprint density at radius 1 is 0.375 bits per heavy atom. The Hall–Kier alpha value is -1.59. The molecule has 0 N–H and O–H groups in total. The Bertz CT molecular complexity index is 668. The van der Waals surface area contributed by atoms with E-state index in [1.165, 1.54) is 141 Å². The zero-order valence-corrected chi connectivity index (χ0v) is 32.3. The fourth-order valence-corrected chi connectivity index (χ4v) is 6.17. The summed E-state index contributed by atoms with van der Waals surface area (Å²) in [6.07, 6.45) is 36.0. The van der Waals surface area contributed by atoms with Crippen LogP contribution in [0.2, 0.25) is 0 Å². The number of ether oxygens (including phenoxy) is 3. The quantitative estimate of drug-likeness (QED) is 0.0367.